The van der Waals surface area contributed by atoms with Crippen LogP contribution in [-0.4, -0.2) is 65.2 Å². The van der Waals surface area contributed by atoms with Crippen molar-refractivity contribution in [2.45, 2.75) is 6.10 Å². The van der Waals surface area contributed by atoms with Crippen LogP contribution in [0.3, 0.4) is 0 Å². The van der Waals surface area contributed by atoms with E-state index in [2.05, 4.69) is 0 Å². The highest BCUT2D eigenvalue weighted by Gasteiger charge is 2.10. The molecule has 0 aliphatic rings. The zero-order valence-corrected chi connectivity index (χ0v) is 9.88. The minimum atomic E-state index is -2.88. The molecule has 1 unspecified atom stereocenters. The molecule has 0 aromatic heterocycles. The molecule has 1 atom stereocenters. The topological polar surface area (TPSA) is 72.6 Å². The van der Waals surface area contributed by atoms with Gasteiger partial charge in [0.05, 0.1) is 11.9 Å². The minimum absolute atomic E-state index is 0.0282. The van der Waals surface area contributed by atoms with E-state index < -0.39 is 9.84 Å². The Balaban J connectivity index is 3.80. The van der Waals surface area contributed by atoms with E-state index in [9.17, 15) is 8.42 Å². The monoisotopic (exact) mass is 224 g/mol. The predicted molar refractivity (Wildman–Crippen MR) is 57.1 cm³/mol. The van der Waals surface area contributed by atoms with Gasteiger partial charge in [0, 0.05) is 33.0 Å². The van der Waals surface area contributed by atoms with E-state index in [0.29, 0.717) is 19.6 Å². The van der Waals surface area contributed by atoms with Gasteiger partial charge in [-0.2, -0.15) is 0 Å². The van der Waals surface area contributed by atoms with Gasteiger partial charge in [0.2, 0.25) is 0 Å². The Morgan fingerprint density at radius 2 is 2.07 bits per heavy atom. The number of rotatable bonds is 7. The summed E-state index contributed by atoms with van der Waals surface area (Å²) >= 11 is 0. The van der Waals surface area contributed by atoms with Gasteiger partial charge in [-0.05, 0) is 7.05 Å². The van der Waals surface area contributed by atoms with Crippen molar-refractivity contribution in [1.82, 2.24) is 4.90 Å². The highest BCUT2D eigenvalue weighted by atomic mass is 32.2. The largest absolute Gasteiger partial charge is 0.379 e. The molecule has 0 bridgehead atoms. The number of hydrogen-bond donors (Lipinski definition) is 1. The summed E-state index contributed by atoms with van der Waals surface area (Å²) in [6.07, 6.45) is 1.21. The number of likely N-dealkylation sites (N-methyl/N-ethyl adjacent to an activating group) is 1. The van der Waals surface area contributed by atoms with Crippen LogP contribution in [0, 0.1) is 0 Å². The summed E-state index contributed by atoms with van der Waals surface area (Å²) in [5.74, 6) is 0.171. The molecule has 5 nitrogen and oxygen atoms in total. The fourth-order valence-corrected chi connectivity index (χ4v) is 1.65. The van der Waals surface area contributed by atoms with Crippen molar-refractivity contribution in [1.29, 1.82) is 0 Å². The first-order chi connectivity index (χ1) is 6.39. The molecular formula is C8H20N2O3S. The van der Waals surface area contributed by atoms with Crippen molar-refractivity contribution in [3.8, 4) is 0 Å². The second-order valence-corrected chi connectivity index (χ2v) is 5.75. The van der Waals surface area contributed by atoms with Gasteiger partial charge in [0.15, 0.2) is 0 Å². The summed E-state index contributed by atoms with van der Waals surface area (Å²) in [5.41, 5.74) is 5.44. The molecule has 0 saturated carbocycles. The zero-order valence-electron chi connectivity index (χ0n) is 9.06. The lowest BCUT2D eigenvalue weighted by Crippen LogP contribution is -2.37. The second kappa shape index (κ2) is 6.34. The SMILES string of the molecule is COC(CN)CN(C)CCS(C)(=O)=O. The van der Waals surface area contributed by atoms with Crippen molar-refractivity contribution in [2.75, 3.05) is 45.8 Å². The van der Waals surface area contributed by atoms with Gasteiger partial charge < -0.3 is 15.4 Å². The van der Waals surface area contributed by atoms with Crippen LogP contribution in [0.2, 0.25) is 0 Å². The lowest BCUT2D eigenvalue weighted by atomic mass is 10.3. The normalized spacial score (nSPS) is 14.6. The molecular weight excluding hydrogens is 204 g/mol. The van der Waals surface area contributed by atoms with Gasteiger partial charge in [0.25, 0.3) is 0 Å². The molecule has 86 valence electrons. The molecule has 0 aliphatic heterocycles. The van der Waals surface area contributed by atoms with Gasteiger partial charge in [0.1, 0.15) is 9.84 Å². The van der Waals surface area contributed by atoms with Crippen LogP contribution >= 0.6 is 0 Å². The Labute approximate surface area is 86.1 Å². The number of methoxy groups -OCH3 is 1. The Hall–Kier alpha value is -0.170. The van der Waals surface area contributed by atoms with Gasteiger partial charge >= 0.3 is 0 Å². The van der Waals surface area contributed by atoms with E-state index >= 15 is 0 Å². The molecule has 2 N–H and O–H groups in total. The van der Waals surface area contributed by atoms with E-state index in [1.165, 1.54) is 6.26 Å². The van der Waals surface area contributed by atoms with E-state index in [4.69, 9.17) is 10.5 Å². The Bertz CT molecular complexity index is 237. The molecule has 0 rings (SSSR count). The third kappa shape index (κ3) is 7.25. The van der Waals surface area contributed by atoms with Gasteiger partial charge in [-0.15, -0.1) is 0 Å². The fourth-order valence-electron chi connectivity index (χ4n) is 1.01. The van der Waals surface area contributed by atoms with Crippen molar-refractivity contribution in [2.24, 2.45) is 5.73 Å². The molecule has 6 heteroatoms. The predicted octanol–water partition coefficient (Wildman–Crippen LogP) is -1.06. The van der Waals surface area contributed by atoms with Crippen LogP contribution in [0.5, 0.6) is 0 Å². The third-order valence-corrected chi connectivity index (χ3v) is 2.88. The Morgan fingerprint density at radius 1 is 1.50 bits per heavy atom. The lowest BCUT2D eigenvalue weighted by Gasteiger charge is -2.21. The molecule has 0 aromatic carbocycles. The molecule has 0 aromatic rings. The van der Waals surface area contributed by atoms with Gasteiger partial charge in [-0.3, -0.25) is 0 Å². The highest BCUT2D eigenvalue weighted by molar-refractivity contribution is 7.90. The zero-order chi connectivity index (χ0) is 11.2. The van der Waals surface area contributed by atoms with Crippen LogP contribution in [0.15, 0.2) is 0 Å². The van der Waals surface area contributed by atoms with Gasteiger partial charge in [-0.1, -0.05) is 0 Å². The number of hydrogen-bond acceptors (Lipinski definition) is 5. The molecule has 14 heavy (non-hydrogen) atoms. The molecule has 0 saturated heterocycles. The van der Waals surface area contributed by atoms with Crippen LogP contribution < -0.4 is 5.73 Å². The molecule has 0 radical (unpaired) electrons. The van der Waals surface area contributed by atoms with E-state index in [1.807, 2.05) is 11.9 Å². The van der Waals surface area contributed by atoms with Crippen molar-refractivity contribution < 1.29 is 13.2 Å². The van der Waals surface area contributed by atoms with E-state index in [1.54, 1.807) is 7.11 Å². The first-order valence-corrected chi connectivity index (χ1v) is 6.54. The summed E-state index contributed by atoms with van der Waals surface area (Å²) in [6, 6.07) is 0. The van der Waals surface area contributed by atoms with E-state index in [-0.39, 0.29) is 11.9 Å². The first kappa shape index (κ1) is 13.8. The second-order valence-electron chi connectivity index (χ2n) is 3.49. The van der Waals surface area contributed by atoms with Gasteiger partial charge in [-0.25, -0.2) is 8.42 Å². The number of nitrogens with zero attached hydrogens (tertiary/aromatic N) is 1. The number of ether oxygens (including phenoxy) is 1. The average Bonchev–Trinajstić information content (AvgIpc) is 2.09. The average molecular weight is 224 g/mol. The summed E-state index contributed by atoms with van der Waals surface area (Å²) in [6.45, 7) is 1.61. The summed E-state index contributed by atoms with van der Waals surface area (Å²) in [5, 5.41) is 0. The Morgan fingerprint density at radius 3 is 2.43 bits per heavy atom. The molecule has 0 aliphatic carbocycles. The van der Waals surface area contributed by atoms with Crippen molar-refractivity contribution >= 4 is 9.84 Å². The minimum Gasteiger partial charge on any atom is -0.379 e. The smallest absolute Gasteiger partial charge is 0.148 e. The standard InChI is InChI=1S/C8H20N2O3S/c1-10(4-5-14(3,11)12)7-8(6-9)13-2/h8H,4-7,9H2,1-3H3. The van der Waals surface area contributed by atoms with Crippen molar-refractivity contribution in [3.05, 3.63) is 0 Å². The molecule has 0 heterocycles. The number of sulfone groups is 1. The maximum Gasteiger partial charge on any atom is 0.148 e. The van der Waals surface area contributed by atoms with Crippen LogP contribution in [0.25, 0.3) is 0 Å². The molecule has 0 spiro atoms. The molecule has 0 amide bonds. The summed E-state index contributed by atoms with van der Waals surface area (Å²) < 4.78 is 26.8. The Kier molecular flexibility index (Phi) is 6.26. The summed E-state index contributed by atoms with van der Waals surface area (Å²) in [7, 11) is 0.571. The maximum atomic E-state index is 10.9. The summed E-state index contributed by atoms with van der Waals surface area (Å²) in [4.78, 5) is 1.90. The van der Waals surface area contributed by atoms with Crippen molar-refractivity contribution in [3.63, 3.8) is 0 Å². The highest BCUT2D eigenvalue weighted by Crippen LogP contribution is 1.93. The first-order valence-electron chi connectivity index (χ1n) is 4.48. The van der Waals surface area contributed by atoms with Crippen LogP contribution in [0.1, 0.15) is 0 Å². The maximum absolute atomic E-state index is 10.9. The fraction of sp³-hybridized carbons (Fsp3) is 1.00. The van der Waals surface area contributed by atoms with E-state index in [0.717, 1.165) is 0 Å². The van der Waals surface area contributed by atoms with Crippen LogP contribution in [0.4, 0.5) is 0 Å². The third-order valence-electron chi connectivity index (χ3n) is 1.96. The number of nitrogens with two attached hydrogens (primary N) is 1. The van der Waals surface area contributed by atoms with Crippen LogP contribution in [-0.2, 0) is 14.6 Å². The lowest BCUT2D eigenvalue weighted by molar-refractivity contribution is 0.0798. The molecule has 0 fully saturated rings. The quantitative estimate of drug-likeness (QED) is 0.596.